The number of aromatic nitrogens is 1. The molecule has 142 valence electrons. The van der Waals surface area contributed by atoms with Crippen LogP contribution in [0.15, 0.2) is 59.6 Å². The lowest BCUT2D eigenvalue weighted by atomic mass is 10.0. The quantitative estimate of drug-likeness (QED) is 0.696. The molecule has 0 aliphatic carbocycles. The number of hydrogen-bond acceptors (Lipinski definition) is 3. The molecule has 2 aromatic carbocycles. The minimum Gasteiger partial charge on any atom is -0.494 e. The molecule has 0 spiro atoms. The van der Waals surface area contributed by atoms with Crippen molar-refractivity contribution >= 4 is 10.0 Å². The van der Waals surface area contributed by atoms with Gasteiger partial charge in [-0.2, -0.15) is 0 Å². The molecule has 1 heterocycles. The van der Waals surface area contributed by atoms with Crippen LogP contribution in [-0.4, -0.2) is 19.6 Å². The SMILES string of the molecule is CCOc1ccc(-c2c(CC)c(C)cn2-c2ccc(S(N)(=O)=O)cc2)cc1. The lowest BCUT2D eigenvalue weighted by molar-refractivity contribution is 0.340. The monoisotopic (exact) mass is 384 g/mol. The summed E-state index contributed by atoms with van der Waals surface area (Å²) in [5, 5.41) is 5.21. The molecule has 6 heteroatoms. The Morgan fingerprint density at radius 2 is 1.63 bits per heavy atom. The van der Waals surface area contributed by atoms with E-state index in [9.17, 15) is 8.42 Å². The summed E-state index contributed by atoms with van der Waals surface area (Å²) < 4.78 is 30.7. The molecule has 0 amide bonds. The van der Waals surface area contributed by atoms with Gasteiger partial charge >= 0.3 is 0 Å². The first-order valence-corrected chi connectivity index (χ1v) is 10.5. The van der Waals surface area contributed by atoms with Crippen LogP contribution in [0.2, 0.25) is 0 Å². The fourth-order valence-electron chi connectivity index (χ4n) is 3.30. The summed E-state index contributed by atoms with van der Waals surface area (Å²) in [5.41, 5.74) is 5.51. The lowest BCUT2D eigenvalue weighted by Crippen LogP contribution is -2.12. The van der Waals surface area contributed by atoms with Gasteiger partial charge in [-0.05, 0) is 85.5 Å². The molecule has 0 bridgehead atoms. The third kappa shape index (κ3) is 3.91. The summed E-state index contributed by atoms with van der Waals surface area (Å²) in [4.78, 5) is 0.105. The van der Waals surface area contributed by atoms with E-state index >= 15 is 0 Å². The first kappa shape index (κ1) is 19.2. The van der Waals surface area contributed by atoms with Gasteiger partial charge in [0.25, 0.3) is 0 Å². The van der Waals surface area contributed by atoms with Gasteiger partial charge in [0.05, 0.1) is 17.2 Å². The molecule has 2 N–H and O–H groups in total. The number of primary sulfonamides is 1. The summed E-state index contributed by atoms with van der Waals surface area (Å²) in [6, 6.07) is 14.7. The molecule has 0 fully saturated rings. The van der Waals surface area contributed by atoms with Crippen molar-refractivity contribution in [2.45, 2.75) is 32.1 Å². The molecule has 0 unspecified atom stereocenters. The Balaban J connectivity index is 2.11. The number of rotatable bonds is 6. The van der Waals surface area contributed by atoms with Crippen molar-refractivity contribution in [1.29, 1.82) is 0 Å². The van der Waals surface area contributed by atoms with E-state index in [1.54, 1.807) is 12.1 Å². The Hall–Kier alpha value is -2.57. The van der Waals surface area contributed by atoms with Gasteiger partial charge < -0.3 is 9.30 Å². The summed E-state index contributed by atoms with van der Waals surface area (Å²) >= 11 is 0. The average molecular weight is 385 g/mol. The Labute approximate surface area is 160 Å². The molecule has 3 aromatic rings. The van der Waals surface area contributed by atoms with Gasteiger partial charge in [0.1, 0.15) is 5.75 Å². The Kier molecular flexibility index (Phi) is 5.39. The molecule has 0 atom stereocenters. The van der Waals surface area contributed by atoms with E-state index in [-0.39, 0.29) is 4.90 Å². The zero-order valence-corrected chi connectivity index (χ0v) is 16.6. The fourth-order valence-corrected chi connectivity index (χ4v) is 3.82. The van der Waals surface area contributed by atoms with E-state index < -0.39 is 10.0 Å². The summed E-state index contributed by atoms with van der Waals surface area (Å²) in [5.74, 6) is 0.839. The summed E-state index contributed by atoms with van der Waals surface area (Å²) in [6.45, 7) is 6.81. The number of sulfonamides is 1. The van der Waals surface area contributed by atoms with Gasteiger partial charge in [-0.15, -0.1) is 0 Å². The van der Waals surface area contributed by atoms with Crippen LogP contribution in [-0.2, 0) is 16.4 Å². The number of benzene rings is 2. The number of nitrogens with two attached hydrogens (primary N) is 1. The van der Waals surface area contributed by atoms with E-state index in [1.807, 2.05) is 31.2 Å². The maximum absolute atomic E-state index is 11.5. The second-order valence-electron chi connectivity index (χ2n) is 6.36. The van der Waals surface area contributed by atoms with Crippen LogP contribution in [0.5, 0.6) is 5.75 Å². The highest BCUT2D eigenvalue weighted by Gasteiger charge is 2.16. The molecule has 0 radical (unpaired) electrons. The second-order valence-corrected chi connectivity index (χ2v) is 7.92. The molecule has 3 rings (SSSR count). The highest BCUT2D eigenvalue weighted by Crippen LogP contribution is 2.32. The third-order valence-electron chi connectivity index (χ3n) is 4.56. The molecular formula is C21H24N2O3S. The predicted molar refractivity (Wildman–Crippen MR) is 108 cm³/mol. The fraction of sp³-hybridized carbons (Fsp3) is 0.238. The zero-order chi connectivity index (χ0) is 19.6. The molecule has 5 nitrogen and oxygen atoms in total. The first-order chi connectivity index (χ1) is 12.8. The van der Waals surface area contributed by atoms with Crippen molar-refractivity contribution in [3.05, 3.63) is 65.9 Å². The van der Waals surface area contributed by atoms with Crippen LogP contribution >= 0.6 is 0 Å². The van der Waals surface area contributed by atoms with Gasteiger partial charge in [0.2, 0.25) is 10.0 Å². The maximum Gasteiger partial charge on any atom is 0.238 e. The average Bonchev–Trinajstić information content (AvgIpc) is 2.98. The molecule has 27 heavy (non-hydrogen) atoms. The Morgan fingerprint density at radius 1 is 1.00 bits per heavy atom. The van der Waals surface area contributed by atoms with Crippen LogP contribution in [0.4, 0.5) is 0 Å². The number of nitrogens with zero attached hydrogens (tertiary/aromatic N) is 1. The van der Waals surface area contributed by atoms with E-state index in [0.29, 0.717) is 6.61 Å². The Bertz CT molecular complexity index is 1030. The number of aryl methyl sites for hydroxylation is 1. The molecule has 1 aromatic heterocycles. The molecule has 0 aliphatic heterocycles. The molecule has 0 saturated carbocycles. The normalized spacial score (nSPS) is 11.6. The van der Waals surface area contributed by atoms with Crippen molar-refractivity contribution in [2.24, 2.45) is 5.14 Å². The van der Waals surface area contributed by atoms with Gasteiger partial charge in [-0.25, -0.2) is 13.6 Å². The van der Waals surface area contributed by atoms with Crippen molar-refractivity contribution < 1.29 is 13.2 Å². The second kappa shape index (κ2) is 7.58. The topological polar surface area (TPSA) is 74.3 Å². The minimum atomic E-state index is -3.71. The van der Waals surface area contributed by atoms with Gasteiger partial charge in [0.15, 0.2) is 0 Å². The van der Waals surface area contributed by atoms with Crippen LogP contribution < -0.4 is 9.88 Å². The van der Waals surface area contributed by atoms with Crippen molar-refractivity contribution in [3.8, 4) is 22.7 Å². The molecule has 0 saturated heterocycles. The van der Waals surface area contributed by atoms with Crippen molar-refractivity contribution in [3.63, 3.8) is 0 Å². The van der Waals surface area contributed by atoms with E-state index in [1.165, 1.54) is 23.3 Å². The standard InChI is InChI=1S/C21H24N2O3S/c1-4-20-15(3)14-23(17-8-12-19(13-9-17)27(22,24)25)21(20)16-6-10-18(11-7-16)26-5-2/h6-14H,4-5H2,1-3H3,(H2,22,24,25). The van der Waals surface area contributed by atoms with E-state index in [4.69, 9.17) is 9.88 Å². The molecule has 0 aliphatic rings. The van der Waals surface area contributed by atoms with Crippen molar-refractivity contribution in [2.75, 3.05) is 6.61 Å². The third-order valence-corrected chi connectivity index (χ3v) is 5.49. The summed E-state index contributed by atoms with van der Waals surface area (Å²) in [6.07, 6.45) is 2.98. The van der Waals surface area contributed by atoms with Crippen molar-refractivity contribution in [1.82, 2.24) is 4.57 Å². The maximum atomic E-state index is 11.5. The van der Waals surface area contributed by atoms with Gasteiger partial charge in [-0.1, -0.05) is 6.92 Å². The Morgan fingerprint density at radius 3 is 2.15 bits per heavy atom. The van der Waals surface area contributed by atoms with E-state index in [0.717, 1.165) is 29.1 Å². The number of hydrogen-bond donors (Lipinski definition) is 1. The van der Waals surface area contributed by atoms with Gasteiger partial charge in [-0.3, -0.25) is 0 Å². The van der Waals surface area contributed by atoms with Crippen LogP contribution in [0.3, 0.4) is 0 Å². The highest BCUT2D eigenvalue weighted by atomic mass is 32.2. The highest BCUT2D eigenvalue weighted by molar-refractivity contribution is 7.89. The molecular weight excluding hydrogens is 360 g/mol. The van der Waals surface area contributed by atoms with Crippen LogP contribution in [0.1, 0.15) is 25.0 Å². The smallest absolute Gasteiger partial charge is 0.238 e. The minimum absolute atomic E-state index is 0.105. The van der Waals surface area contributed by atoms with Crippen LogP contribution in [0, 0.1) is 6.92 Å². The predicted octanol–water partition coefficient (Wildman–Crippen LogP) is 4.06. The summed E-state index contributed by atoms with van der Waals surface area (Å²) in [7, 11) is -3.71. The number of ether oxygens (including phenoxy) is 1. The van der Waals surface area contributed by atoms with Crippen LogP contribution in [0.25, 0.3) is 16.9 Å². The zero-order valence-electron chi connectivity index (χ0n) is 15.8. The first-order valence-electron chi connectivity index (χ1n) is 8.92. The van der Waals surface area contributed by atoms with E-state index in [2.05, 4.69) is 24.6 Å². The van der Waals surface area contributed by atoms with Gasteiger partial charge in [0, 0.05) is 11.9 Å². The largest absolute Gasteiger partial charge is 0.494 e. The lowest BCUT2D eigenvalue weighted by Gasteiger charge is -2.13.